The van der Waals surface area contributed by atoms with E-state index < -0.39 is 0 Å². The van der Waals surface area contributed by atoms with Crippen LogP contribution in [0.5, 0.6) is 5.75 Å². The highest BCUT2D eigenvalue weighted by Gasteiger charge is 2.18. The highest BCUT2D eigenvalue weighted by molar-refractivity contribution is 7.98. The van der Waals surface area contributed by atoms with Gasteiger partial charge in [-0.15, -0.1) is 0 Å². The van der Waals surface area contributed by atoms with Gasteiger partial charge in [0.25, 0.3) is 11.1 Å². The normalized spacial score (nSPS) is 12.9. The quantitative estimate of drug-likeness (QED) is 0.384. The molecule has 1 aliphatic heterocycles. The molecule has 168 valence electrons. The first-order chi connectivity index (χ1) is 16.2. The van der Waals surface area contributed by atoms with E-state index in [1.165, 1.54) is 23.9 Å². The number of oxazole rings is 1. The van der Waals surface area contributed by atoms with Crippen LogP contribution >= 0.6 is 11.8 Å². The molecule has 0 bridgehead atoms. The van der Waals surface area contributed by atoms with E-state index in [0.29, 0.717) is 53.0 Å². The van der Waals surface area contributed by atoms with Gasteiger partial charge in [-0.05, 0) is 47.9 Å². The molecule has 1 N–H and O–H groups in total. The molecule has 0 aliphatic carbocycles. The molecule has 33 heavy (non-hydrogen) atoms. The molecule has 5 rings (SSSR count). The molecule has 1 amide bonds. The lowest BCUT2D eigenvalue weighted by molar-refractivity contribution is -0.0172. The lowest BCUT2D eigenvalue weighted by Crippen LogP contribution is -2.27. The number of ether oxygens (including phenoxy) is 2. The Morgan fingerprint density at radius 3 is 2.85 bits per heavy atom. The van der Waals surface area contributed by atoms with Gasteiger partial charge in [0.2, 0.25) is 0 Å². The second kappa shape index (κ2) is 9.64. The van der Waals surface area contributed by atoms with Crippen molar-refractivity contribution < 1.29 is 23.1 Å². The average Bonchev–Trinajstić information content (AvgIpc) is 3.26. The predicted octanol–water partition coefficient (Wildman–Crippen LogP) is 5.10. The number of hydrogen-bond donors (Lipinski definition) is 1. The molecule has 4 aromatic rings. The lowest BCUT2D eigenvalue weighted by Gasteiger charge is -2.21. The molecule has 0 saturated heterocycles. The van der Waals surface area contributed by atoms with E-state index in [-0.39, 0.29) is 18.5 Å². The smallest absolute Gasteiger partial charge is 0.257 e. The van der Waals surface area contributed by atoms with Gasteiger partial charge in [0.15, 0.2) is 12.4 Å². The van der Waals surface area contributed by atoms with Crippen molar-refractivity contribution >= 4 is 28.8 Å². The molecule has 0 saturated carbocycles. The number of carbonyl (C=O) groups excluding carboxylic acids is 1. The molecule has 0 unspecified atom stereocenters. The average molecular weight is 465 g/mol. The number of amides is 1. The number of para-hydroxylation sites is 2. The Bertz CT molecular complexity index is 1270. The Balaban J connectivity index is 1.23. The summed E-state index contributed by atoms with van der Waals surface area (Å²) < 4.78 is 30.5. The predicted molar refractivity (Wildman–Crippen MR) is 123 cm³/mol. The number of fused-ring (bicyclic) bond motifs is 2. The van der Waals surface area contributed by atoms with Crippen LogP contribution in [0.4, 0.5) is 4.39 Å². The van der Waals surface area contributed by atoms with E-state index in [1.54, 1.807) is 6.07 Å². The molecule has 0 spiro atoms. The van der Waals surface area contributed by atoms with E-state index in [1.807, 2.05) is 42.5 Å². The molecule has 0 fully saturated rings. The monoisotopic (exact) mass is 464 g/mol. The first kappa shape index (κ1) is 21.5. The zero-order valence-corrected chi connectivity index (χ0v) is 18.5. The van der Waals surface area contributed by atoms with E-state index >= 15 is 0 Å². The van der Waals surface area contributed by atoms with E-state index in [4.69, 9.17) is 13.9 Å². The summed E-state index contributed by atoms with van der Waals surface area (Å²) >= 11 is 1.44. The van der Waals surface area contributed by atoms with E-state index in [9.17, 15) is 9.18 Å². The molecular formula is C25H21FN2O4S. The second-order valence-corrected chi connectivity index (χ2v) is 8.49. The van der Waals surface area contributed by atoms with Gasteiger partial charge >= 0.3 is 0 Å². The van der Waals surface area contributed by atoms with Crippen LogP contribution in [0.2, 0.25) is 0 Å². The van der Waals surface area contributed by atoms with Crippen LogP contribution in [-0.2, 0) is 23.5 Å². The summed E-state index contributed by atoms with van der Waals surface area (Å²) in [5.74, 6) is 0.665. The number of nitrogens with one attached hydrogen (secondary N) is 1. The third-order valence-corrected chi connectivity index (χ3v) is 6.20. The van der Waals surface area contributed by atoms with Crippen LogP contribution < -0.4 is 10.1 Å². The molecule has 0 atom stereocenters. The number of aromatic nitrogens is 1. The van der Waals surface area contributed by atoms with Crippen molar-refractivity contribution in [2.75, 3.05) is 13.3 Å². The summed E-state index contributed by atoms with van der Waals surface area (Å²) in [6.45, 7) is 0.812. The van der Waals surface area contributed by atoms with Crippen molar-refractivity contribution in [1.82, 2.24) is 10.3 Å². The molecule has 1 aromatic heterocycles. The maximum Gasteiger partial charge on any atom is 0.257 e. The molecular weight excluding hydrogens is 443 g/mol. The fourth-order valence-corrected chi connectivity index (χ4v) is 4.61. The summed E-state index contributed by atoms with van der Waals surface area (Å²) in [6, 6.07) is 17.9. The van der Waals surface area contributed by atoms with E-state index in [0.717, 1.165) is 16.7 Å². The standard InChI is InChI=1S/C25H21FN2O4S/c26-19-11-16(23-18(12-19)13-30-15-31-23)9-10-27-24(29)20-6-2-1-5-17(20)14-33-25-28-21-7-3-4-8-22(21)32-25/h1-8,11-12H,9-10,13-15H2,(H,27,29). The Kier molecular flexibility index (Phi) is 6.28. The minimum absolute atomic E-state index is 0.142. The maximum atomic E-state index is 13.9. The van der Waals surface area contributed by atoms with Gasteiger partial charge in [0, 0.05) is 23.4 Å². The summed E-state index contributed by atoms with van der Waals surface area (Å²) in [4.78, 5) is 17.4. The number of benzene rings is 3. The summed E-state index contributed by atoms with van der Waals surface area (Å²) in [6.07, 6.45) is 0.450. The van der Waals surface area contributed by atoms with Crippen LogP contribution in [-0.4, -0.2) is 24.2 Å². The number of rotatable bonds is 7. The molecule has 2 heterocycles. The number of carbonyl (C=O) groups is 1. The topological polar surface area (TPSA) is 73.6 Å². The van der Waals surface area contributed by atoms with Crippen LogP contribution in [0.25, 0.3) is 11.1 Å². The highest BCUT2D eigenvalue weighted by Crippen LogP contribution is 2.30. The number of halogens is 1. The van der Waals surface area contributed by atoms with Gasteiger partial charge in [-0.1, -0.05) is 42.1 Å². The molecule has 3 aromatic carbocycles. The number of nitrogens with zero attached hydrogens (tertiary/aromatic N) is 1. The van der Waals surface area contributed by atoms with Crippen LogP contribution in [0.1, 0.15) is 27.0 Å². The molecule has 0 radical (unpaired) electrons. The highest BCUT2D eigenvalue weighted by atomic mass is 32.2. The van der Waals surface area contributed by atoms with Crippen LogP contribution in [0, 0.1) is 5.82 Å². The van der Waals surface area contributed by atoms with Crippen molar-refractivity contribution in [1.29, 1.82) is 0 Å². The van der Waals surface area contributed by atoms with Gasteiger partial charge in [-0.2, -0.15) is 0 Å². The van der Waals surface area contributed by atoms with Crippen molar-refractivity contribution in [2.45, 2.75) is 24.0 Å². The fraction of sp³-hybridized carbons (Fsp3) is 0.200. The Morgan fingerprint density at radius 1 is 1.09 bits per heavy atom. The Morgan fingerprint density at radius 2 is 1.94 bits per heavy atom. The second-order valence-electron chi connectivity index (χ2n) is 7.56. The van der Waals surface area contributed by atoms with Crippen molar-refractivity contribution in [3.63, 3.8) is 0 Å². The zero-order chi connectivity index (χ0) is 22.6. The number of thioether (sulfide) groups is 1. The van der Waals surface area contributed by atoms with Gasteiger partial charge < -0.3 is 19.2 Å². The third kappa shape index (κ3) is 4.86. The molecule has 6 nitrogen and oxygen atoms in total. The maximum absolute atomic E-state index is 13.9. The summed E-state index contributed by atoms with van der Waals surface area (Å²) in [7, 11) is 0. The van der Waals surface area contributed by atoms with Crippen molar-refractivity contribution in [3.8, 4) is 5.75 Å². The van der Waals surface area contributed by atoms with Gasteiger partial charge in [-0.25, -0.2) is 9.37 Å². The zero-order valence-electron chi connectivity index (χ0n) is 17.7. The van der Waals surface area contributed by atoms with Gasteiger partial charge in [-0.3, -0.25) is 4.79 Å². The van der Waals surface area contributed by atoms with Crippen LogP contribution in [0.3, 0.4) is 0 Å². The lowest BCUT2D eigenvalue weighted by atomic mass is 10.0. The van der Waals surface area contributed by atoms with Gasteiger partial charge in [0.05, 0.1) is 6.61 Å². The molecule has 8 heteroatoms. The SMILES string of the molecule is O=C(NCCc1cc(F)cc2c1OCOC2)c1ccccc1CSc1nc2ccccc2o1. The summed E-state index contributed by atoms with van der Waals surface area (Å²) in [5, 5.41) is 3.50. The first-order valence-corrected chi connectivity index (χ1v) is 11.5. The number of hydrogen-bond acceptors (Lipinski definition) is 6. The fourth-order valence-electron chi connectivity index (χ4n) is 3.77. The minimum Gasteiger partial charge on any atom is -0.467 e. The van der Waals surface area contributed by atoms with Crippen LogP contribution in [0.15, 0.2) is 70.3 Å². The van der Waals surface area contributed by atoms with E-state index in [2.05, 4.69) is 10.3 Å². The first-order valence-electron chi connectivity index (χ1n) is 10.5. The minimum atomic E-state index is -0.342. The molecule has 1 aliphatic rings. The summed E-state index contributed by atoms with van der Waals surface area (Å²) in [5.41, 5.74) is 4.41. The van der Waals surface area contributed by atoms with Crippen molar-refractivity contribution in [3.05, 3.63) is 88.7 Å². The van der Waals surface area contributed by atoms with Gasteiger partial charge in [0.1, 0.15) is 17.1 Å². The van der Waals surface area contributed by atoms with Crippen molar-refractivity contribution in [2.24, 2.45) is 0 Å². The largest absolute Gasteiger partial charge is 0.467 e. The Hall–Kier alpha value is -3.36. The Labute approximate surface area is 194 Å². The third-order valence-electron chi connectivity index (χ3n) is 5.32.